The van der Waals surface area contributed by atoms with Crippen LogP contribution in [0.15, 0.2) is 0 Å². The van der Waals surface area contributed by atoms with Crippen molar-refractivity contribution in [1.82, 2.24) is 14.7 Å². The predicted molar refractivity (Wildman–Crippen MR) is 101 cm³/mol. The van der Waals surface area contributed by atoms with Gasteiger partial charge >= 0.3 is 0 Å². The Morgan fingerprint density at radius 2 is 1.17 bits per heavy atom. The van der Waals surface area contributed by atoms with E-state index in [0.29, 0.717) is 23.2 Å². The lowest BCUT2D eigenvalue weighted by molar-refractivity contribution is -0.0206. The summed E-state index contributed by atoms with van der Waals surface area (Å²) in [6.45, 7) is 25.3. The van der Waals surface area contributed by atoms with Crippen LogP contribution in [-0.2, 0) is 0 Å². The Morgan fingerprint density at radius 1 is 0.739 bits per heavy atom. The highest BCUT2D eigenvalue weighted by Gasteiger charge is 2.36. The van der Waals surface area contributed by atoms with Gasteiger partial charge in [-0.05, 0) is 87.2 Å². The minimum Gasteiger partial charge on any atom is -0.298 e. The van der Waals surface area contributed by atoms with Crippen LogP contribution in [0.5, 0.6) is 0 Å². The van der Waals surface area contributed by atoms with Crippen molar-refractivity contribution in [2.45, 2.75) is 91.4 Å². The Kier molecular flexibility index (Phi) is 5.86. The molecule has 0 aromatic heterocycles. The molecule has 23 heavy (non-hydrogen) atoms. The molecule has 2 rings (SSSR count). The molecule has 2 aliphatic heterocycles. The molecule has 2 fully saturated rings. The van der Waals surface area contributed by atoms with Crippen molar-refractivity contribution < 1.29 is 0 Å². The molecule has 3 nitrogen and oxygen atoms in total. The first kappa shape index (κ1) is 19.2. The first-order valence-corrected chi connectivity index (χ1v) is 9.74. The largest absolute Gasteiger partial charge is 0.298 e. The normalized spacial score (nSPS) is 30.8. The average Bonchev–Trinajstić information content (AvgIpc) is 2.41. The minimum absolute atomic E-state index is 0.298. The molecular formula is C20H41N3. The highest BCUT2D eigenvalue weighted by molar-refractivity contribution is 4.92. The molecule has 0 spiro atoms. The van der Waals surface area contributed by atoms with Gasteiger partial charge in [-0.1, -0.05) is 0 Å². The smallest absolute Gasteiger partial charge is 0.0198 e. The third-order valence-corrected chi connectivity index (χ3v) is 6.08. The number of rotatable bonds is 2. The van der Waals surface area contributed by atoms with E-state index >= 15 is 0 Å². The summed E-state index contributed by atoms with van der Waals surface area (Å²) < 4.78 is 0. The summed E-state index contributed by atoms with van der Waals surface area (Å²) in [6, 6.07) is 1.36. The van der Waals surface area contributed by atoms with Crippen LogP contribution in [0.1, 0.15) is 68.2 Å². The van der Waals surface area contributed by atoms with Gasteiger partial charge < -0.3 is 0 Å². The molecule has 0 amide bonds. The van der Waals surface area contributed by atoms with E-state index in [1.54, 1.807) is 0 Å². The molecule has 3 heteroatoms. The minimum atomic E-state index is 0.298. The molecule has 2 saturated heterocycles. The second kappa shape index (κ2) is 7.01. The summed E-state index contributed by atoms with van der Waals surface area (Å²) in [7, 11) is 0. The molecule has 2 unspecified atom stereocenters. The van der Waals surface area contributed by atoms with E-state index in [1.807, 2.05) is 0 Å². The summed E-state index contributed by atoms with van der Waals surface area (Å²) in [6.07, 6.45) is 2.74. The number of nitrogens with zero attached hydrogens (tertiary/aromatic N) is 3. The van der Waals surface area contributed by atoms with Crippen LogP contribution in [0.2, 0.25) is 0 Å². The zero-order valence-corrected chi connectivity index (χ0v) is 17.0. The van der Waals surface area contributed by atoms with Crippen LogP contribution in [-0.4, -0.2) is 70.6 Å². The van der Waals surface area contributed by atoms with Gasteiger partial charge in [-0.15, -0.1) is 0 Å². The van der Waals surface area contributed by atoms with Gasteiger partial charge in [0, 0.05) is 42.8 Å². The van der Waals surface area contributed by atoms with E-state index in [-0.39, 0.29) is 0 Å². The molecule has 0 bridgehead atoms. The van der Waals surface area contributed by atoms with Crippen molar-refractivity contribution >= 4 is 0 Å². The molecule has 0 saturated carbocycles. The highest BCUT2D eigenvalue weighted by atomic mass is 15.3. The van der Waals surface area contributed by atoms with E-state index < -0.39 is 0 Å². The highest BCUT2D eigenvalue weighted by Crippen LogP contribution is 2.28. The Hall–Kier alpha value is -0.120. The Balaban J connectivity index is 1.87. The Bertz CT molecular complexity index is 359. The van der Waals surface area contributed by atoms with Crippen LogP contribution in [0.3, 0.4) is 0 Å². The fourth-order valence-electron chi connectivity index (χ4n) is 4.35. The molecular weight excluding hydrogens is 282 g/mol. The number of hydrogen-bond donors (Lipinski definition) is 0. The maximum Gasteiger partial charge on any atom is 0.0198 e. The van der Waals surface area contributed by atoms with Gasteiger partial charge in [-0.3, -0.25) is 14.7 Å². The van der Waals surface area contributed by atoms with Gasteiger partial charge in [0.05, 0.1) is 0 Å². The number of piperidine rings is 1. The van der Waals surface area contributed by atoms with Crippen molar-refractivity contribution in [3.8, 4) is 0 Å². The van der Waals surface area contributed by atoms with Crippen LogP contribution in [0.4, 0.5) is 0 Å². The van der Waals surface area contributed by atoms with Crippen molar-refractivity contribution in [2.24, 2.45) is 5.92 Å². The summed E-state index contributed by atoms with van der Waals surface area (Å²) in [5.74, 6) is 0.889. The lowest BCUT2D eigenvalue weighted by atomic mass is 9.91. The van der Waals surface area contributed by atoms with Crippen molar-refractivity contribution in [2.75, 3.05) is 32.7 Å². The van der Waals surface area contributed by atoms with Gasteiger partial charge in [0.25, 0.3) is 0 Å². The summed E-state index contributed by atoms with van der Waals surface area (Å²) in [4.78, 5) is 8.12. The average molecular weight is 324 g/mol. The molecule has 0 aliphatic carbocycles. The standard InChI is InChI=1S/C20H41N3/c1-16-13-22(20(6,7)8)14-17(2)23(16)15-18-9-11-21(12-10-18)19(3,4)5/h16-18H,9-15H2,1-8H3. The predicted octanol–water partition coefficient (Wildman–Crippen LogP) is 3.69. The fraction of sp³-hybridized carbons (Fsp3) is 1.00. The van der Waals surface area contributed by atoms with E-state index in [1.165, 1.54) is 45.6 Å². The molecule has 0 radical (unpaired) electrons. The third-order valence-electron chi connectivity index (χ3n) is 6.08. The van der Waals surface area contributed by atoms with Gasteiger partial charge in [0.2, 0.25) is 0 Å². The molecule has 0 aromatic carbocycles. The molecule has 0 aromatic rings. The summed E-state index contributed by atoms with van der Waals surface area (Å²) in [5, 5.41) is 0. The van der Waals surface area contributed by atoms with Crippen LogP contribution < -0.4 is 0 Å². The van der Waals surface area contributed by atoms with E-state index in [2.05, 4.69) is 70.1 Å². The van der Waals surface area contributed by atoms with Crippen LogP contribution in [0.25, 0.3) is 0 Å². The van der Waals surface area contributed by atoms with Crippen LogP contribution in [0, 0.1) is 5.92 Å². The third kappa shape index (κ3) is 4.93. The molecule has 2 aliphatic rings. The van der Waals surface area contributed by atoms with Crippen molar-refractivity contribution in [3.63, 3.8) is 0 Å². The lowest BCUT2D eigenvalue weighted by Crippen LogP contribution is -2.62. The van der Waals surface area contributed by atoms with Crippen molar-refractivity contribution in [1.29, 1.82) is 0 Å². The maximum absolute atomic E-state index is 2.79. The van der Waals surface area contributed by atoms with E-state index in [0.717, 1.165) is 5.92 Å². The Labute approximate surface area is 145 Å². The van der Waals surface area contributed by atoms with E-state index in [4.69, 9.17) is 0 Å². The first-order valence-electron chi connectivity index (χ1n) is 9.74. The SMILES string of the molecule is CC1CN(C(C)(C)C)CC(C)N1CC1CCN(C(C)(C)C)CC1. The second-order valence-electron chi connectivity index (χ2n) is 10.1. The zero-order chi connectivity index (χ0) is 17.4. The number of hydrogen-bond acceptors (Lipinski definition) is 3. The lowest BCUT2D eigenvalue weighted by Gasteiger charge is -2.51. The Morgan fingerprint density at radius 3 is 1.57 bits per heavy atom. The monoisotopic (exact) mass is 323 g/mol. The first-order chi connectivity index (χ1) is 10.5. The van der Waals surface area contributed by atoms with Crippen LogP contribution >= 0.6 is 0 Å². The van der Waals surface area contributed by atoms with Gasteiger partial charge in [0.1, 0.15) is 0 Å². The van der Waals surface area contributed by atoms with Gasteiger partial charge in [-0.25, -0.2) is 0 Å². The fourth-order valence-corrected chi connectivity index (χ4v) is 4.35. The topological polar surface area (TPSA) is 9.72 Å². The van der Waals surface area contributed by atoms with Gasteiger partial charge in [-0.2, -0.15) is 0 Å². The maximum atomic E-state index is 2.79. The summed E-state index contributed by atoms with van der Waals surface area (Å²) in [5.41, 5.74) is 0.635. The van der Waals surface area contributed by atoms with E-state index in [9.17, 15) is 0 Å². The zero-order valence-electron chi connectivity index (χ0n) is 17.0. The van der Waals surface area contributed by atoms with Gasteiger partial charge in [0.15, 0.2) is 0 Å². The molecule has 2 heterocycles. The molecule has 136 valence electrons. The summed E-state index contributed by atoms with van der Waals surface area (Å²) >= 11 is 0. The quantitative estimate of drug-likeness (QED) is 0.767. The second-order valence-corrected chi connectivity index (χ2v) is 10.1. The molecule has 2 atom stereocenters. The molecule has 0 N–H and O–H groups in total. The van der Waals surface area contributed by atoms with Crippen molar-refractivity contribution in [3.05, 3.63) is 0 Å². The number of likely N-dealkylation sites (tertiary alicyclic amines) is 1. The number of piperazine rings is 1.